The van der Waals surface area contributed by atoms with Gasteiger partial charge in [-0.15, -0.1) is 11.3 Å². The molecule has 0 fully saturated rings. The van der Waals surface area contributed by atoms with Crippen LogP contribution in [0.4, 0.5) is 0 Å². The van der Waals surface area contributed by atoms with Crippen molar-refractivity contribution in [2.45, 2.75) is 6.54 Å². The lowest BCUT2D eigenvalue weighted by Crippen LogP contribution is -2.20. The molecule has 2 aromatic heterocycles. The van der Waals surface area contributed by atoms with Gasteiger partial charge < -0.3 is 5.11 Å². The lowest BCUT2D eigenvalue weighted by Gasteiger charge is -2.05. The van der Waals surface area contributed by atoms with Gasteiger partial charge in [0.15, 0.2) is 0 Å². The molecule has 0 aliphatic heterocycles. The highest BCUT2D eigenvalue weighted by atomic mass is 32.1. The first-order chi connectivity index (χ1) is 9.65. The molecule has 0 spiro atoms. The summed E-state index contributed by atoms with van der Waals surface area (Å²) in [4.78, 5) is 27.9. The molecule has 5 nitrogen and oxygen atoms in total. The topological polar surface area (TPSA) is 72.2 Å². The Hall–Kier alpha value is -2.47. The normalized spacial score (nSPS) is 10.8. The number of aromatic carboxylic acids is 1. The molecular weight excluding hydrogens is 276 g/mol. The minimum atomic E-state index is -0.963. The summed E-state index contributed by atoms with van der Waals surface area (Å²) in [6, 6.07) is 8.22. The quantitative estimate of drug-likeness (QED) is 0.801. The molecule has 0 aliphatic carbocycles. The molecular formula is C14H10N2O3S. The molecule has 3 aromatic rings. The zero-order chi connectivity index (χ0) is 14.1. The summed E-state index contributed by atoms with van der Waals surface area (Å²) in [6.45, 7) is 0.373. The summed E-state index contributed by atoms with van der Waals surface area (Å²) in [5.41, 5.74) is 1.000. The first kappa shape index (κ1) is 12.6. The number of hydrogen-bond acceptors (Lipinski definition) is 4. The SMILES string of the molecule is O=C(O)c1ccc(Cn2cnc3sccc3c2=O)cc1. The van der Waals surface area contributed by atoms with Crippen LogP contribution in [0.5, 0.6) is 0 Å². The molecule has 0 saturated heterocycles. The predicted octanol–water partition coefficient (Wildman–Crippen LogP) is 2.20. The second-order valence-electron chi connectivity index (χ2n) is 4.32. The van der Waals surface area contributed by atoms with Crippen molar-refractivity contribution in [2.24, 2.45) is 0 Å². The summed E-state index contributed by atoms with van der Waals surface area (Å²) in [5.74, 6) is -0.963. The average Bonchev–Trinajstić information content (AvgIpc) is 2.92. The molecule has 0 radical (unpaired) electrons. The third-order valence-corrected chi connectivity index (χ3v) is 3.82. The van der Waals surface area contributed by atoms with Crippen LogP contribution in [0.1, 0.15) is 15.9 Å². The van der Waals surface area contributed by atoms with Crippen molar-refractivity contribution in [3.8, 4) is 0 Å². The number of carboxylic acids is 1. The van der Waals surface area contributed by atoms with E-state index in [0.29, 0.717) is 11.9 Å². The van der Waals surface area contributed by atoms with Gasteiger partial charge in [0.1, 0.15) is 4.83 Å². The Morgan fingerprint density at radius 1 is 1.25 bits per heavy atom. The molecule has 0 amide bonds. The number of carboxylic acid groups (broad SMARTS) is 1. The van der Waals surface area contributed by atoms with Crippen molar-refractivity contribution >= 4 is 27.5 Å². The van der Waals surface area contributed by atoms with E-state index in [2.05, 4.69) is 4.98 Å². The number of carbonyl (C=O) groups is 1. The molecule has 1 N–H and O–H groups in total. The molecule has 100 valence electrons. The number of fused-ring (bicyclic) bond motifs is 1. The third-order valence-electron chi connectivity index (χ3n) is 3.00. The molecule has 0 atom stereocenters. The van der Waals surface area contributed by atoms with Crippen LogP contribution < -0.4 is 5.56 Å². The number of hydrogen-bond donors (Lipinski definition) is 1. The number of benzene rings is 1. The van der Waals surface area contributed by atoms with E-state index in [1.165, 1.54) is 34.4 Å². The van der Waals surface area contributed by atoms with Crippen molar-refractivity contribution < 1.29 is 9.90 Å². The first-order valence-electron chi connectivity index (χ1n) is 5.90. The molecule has 20 heavy (non-hydrogen) atoms. The maximum atomic E-state index is 12.2. The van der Waals surface area contributed by atoms with Crippen LogP contribution in [0, 0.1) is 0 Å². The number of aromatic nitrogens is 2. The Morgan fingerprint density at radius 3 is 2.70 bits per heavy atom. The van der Waals surface area contributed by atoms with E-state index in [0.717, 1.165) is 10.4 Å². The minimum Gasteiger partial charge on any atom is -0.478 e. The molecule has 0 aliphatic rings. The maximum Gasteiger partial charge on any atom is 0.335 e. The highest BCUT2D eigenvalue weighted by Gasteiger charge is 2.06. The van der Waals surface area contributed by atoms with Gasteiger partial charge >= 0.3 is 5.97 Å². The van der Waals surface area contributed by atoms with Crippen LogP contribution in [0.2, 0.25) is 0 Å². The van der Waals surface area contributed by atoms with Gasteiger partial charge in [-0.05, 0) is 29.1 Å². The van der Waals surface area contributed by atoms with E-state index in [-0.39, 0.29) is 11.1 Å². The number of nitrogens with zero attached hydrogens (tertiary/aromatic N) is 2. The highest BCUT2D eigenvalue weighted by molar-refractivity contribution is 7.16. The first-order valence-corrected chi connectivity index (χ1v) is 6.78. The van der Waals surface area contributed by atoms with Crippen LogP contribution in [-0.4, -0.2) is 20.6 Å². The Morgan fingerprint density at radius 2 is 2.00 bits per heavy atom. The van der Waals surface area contributed by atoms with Crippen molar-refractivity contribution in [3.05, 3.63) is 63.5 Å². The Balaban J connectivity index is 1.94. The van der Waals surface area contributed by atoms with E-state index >= 15 is 0 Å². The van der Waals surface area contributed by atoms with Gasteiger partial charge in [-0.1, -0.05) is 12.1 Å². The molecule has 1 aromatic carbocycles. The third kappa shape index (κ3) is 2.21. The molecule has 0 saturated carbocycles. The summed E-state index contributed by atoms with van der Waals surface area (Å²) < 4.78 is 1.52. The van der Waals surface area contributed by atoms with Gasteiger partial charge in [0.05, 0.1) is 23.8 Å². The maximum absolute atomic E-state index is 12.2. The molecule has 2 heterocycles. The summed E-state index contributed by atoms with van der Waals surface area (Å²) >= 11 is 1.43. The minimum absolute atomic E-state index is 0.0847. The van der Waals surface area contributed by atoms with Crippen LogP contribution >= 0.6 is 11.3 Å². The summed E-state index contributed by atoms with van der Waals surface area (Å²) in [5, 5.41) is 11.3. The van der Waals surface area contributed by atoms with Crippen molar-refractivity contribution in [2.75, 3.05) is 0 Å². The van der Waals surface area contributed by atoms with Gasteiger partial charge in [0.2, 0.25) is 0 Å². The lowest BCUT2D eigenvalue weighted by molar-refractivity contribution is 0.0697. The molecule has 3 rings (SSSR count). The Kier molecular flexibility index (Phi) is 3.08. The molecule has 6 heteroatoms. The fraction of sp³-hybridized carbons (Fsp3) is 0.0714. The van der Waals surface area contributed by atoms with Crippen LogP contribution in [0.15, 0.2) is 46.8 Å². The smallest absolute Gasteiger partial charge is 0.335 e. The van der Waals surface area contributed by atoms with E-state index in [1.807, 2.05) is 5.38 Å². The van der Waals surface area contributed by atoms with E-state index in [4.69, 9.17) is 5.11 Å². The van der Waals surface area contributed by atoms with E-state index in [1.54, 1.807) is 18.2 Å². The van der Waals surface area contributed by atoms with Gasteiger partial charge in [0, 0.05) is 0 Å². The number of thiophene rings is 1. The van der Waals surface area contributed by atoms with E-state index < -0.39 is 5.97 Å². The monoisotopic (exact) mass is 286 g/mol. The fourth-order valence-electron chi connectivity index (χ4n) is 1.96. The second-order valence-corrected chi connectivity index (χ2v) is 5.21. The molecule has 0 unspecified atom stereocenters. The lowest BCUT2D eigenvalue weighted by atomic mass is 10.1. The Labute approximate surface area is 117 Å². The standard InChI is InChI=1S/C14H10N2O3S/c17-13-11-5-6-20-12(11)15-8-16(13)7-9-1-3-10(4-2-9)14(18)19/h1-6,8H,7H2,(H,18,19). The highest BCUT2D eigenvalue weighted by Crippen LogP contribution is 2.14. The van der Waals surface area contributed by atoms with Crippen LogP contribution in [0.25, 0.3) is 10.2 Å². The Bertz CT molecular complexity index is 833. The number of rotatable bonds is 3. The van der Waals surface area contributed by atoms with Gasteiger partial charge in [-0.2, -0.15) is 0 Å². The van der Waals surface area contributed by atoms with E-state index in [9.17, 15) is 9.59 Å². The average molecular weight is 286 g/mol. The van der Waals surface area contributed by atoms with Crippen molar-refractivity contribution in [1.29, 1.82) is 0 Å². The second kappa shape index (κ2) is 4.90. The van der Waals surface area contributed by atoms with Crippen LogP contribution in [0.3, 0.4) is 0 Å². The van der Waals surface area contributed by atoms with Gasteiger partial charge in [0.25, 0.3) is 5.56 Å². The molecule has 0 bridgehead atoms. The summed E-state index contributed by atoms with van der Waals surface area (Å²) in [6.07, 6.45) is 1.52. The van der Waals surface area contributed by atoms with Gasteiger partial charge in [-0.3, -0.25) is 9.36 Å². The largest absolute Gasteiger partial charge is 0.478 e. The van der Waals surface area contributed by atoms with Crippen molar-refractivity contribution in [1.82, 2.24) is 9.55 Å². The van der Waals surface area contributed by atoms with Crippen molar-refractivity contribution in [3.63, 3.8) is 0 Å². The summed E-state index contributed by atoms with van der Waals surface area (Å²) in [7, 11) is 0. The predicted molar refractivity (Wildman–Crippen MR) is 76.4 cm³/mol. The zero-order valence-electron chi connectivity index (χ0n) is 10.3. The zero-order valence-corrected chi connectivity index (χ0v) is 11.1. The van der Waals surface area contributed by atoms with Gasteiger partial charge in [-0.25, -0.2) is 9.78 Å². The van der Waals surface area contributed by atoms with Crippen LogP contribution in [-0.2, 0) is 6.54 Å². The fourth-order valence-corrected chi connectivity index (χ4v) is 2.68.